The van der Waals surface area contributed by atoms with Crippen LogP contribution >= 0.6 is 11.6 Å². The predicted molar refractivity (Wildman–Crippen MR) is 121 cm³/mol. The van der Waals surface area contributed by atoms with E-state index in [1.54, 1.807) is 16.7 Å². The summed E-state index contributed by atoms with van der Waals surface area (Å²) in [6, 6.07) is 15.9. The molecule has 31 heavy (non-hydrogen) atoms. The molecule has 0 saturated carbocycles. The quantitative estimate of drug-likeness (QED) is 0.454. The van der Waals surface area contributed by atoms with E-state index >= 15 is 0 Å². The van der Waals surface area contributed by atoms with E-state index in [0.29, 0.717) is 38.3 Å². The molecule has 2 aromatic carbocycles. The second kappa shape index (κ2) is 7.10. The average Bonchev–Trinajstić information content (AvgIpc) is 3.08. The number of para-hydroxylation sites is 1. The number of nitrogens with zero attached hydrogens (tertiary/aromatic N) is 4. The SMILES string of the molecule is C[C@@H](c1cc2cccc(Cl)c2c(=O)n1-c1ccccc1)n1c(=O)[nH]c2cnc(N)nc21. The smallest absolute Gasteiger partial charge is 0.328 e. The highest BCUT2D eigenvalue weighted by Gasteiger charge is 2.22. The molecule has 0 saturated heterocycles. The molecule has 0 spiro atoms. The first-order valence-corrected chi connectivity index (χ1v) is 9.96. The van der Waals surface area contributed by atoms with Crippen LogP contribution in [0, 0.1) is 0 Å². The van der Waals surface area contributed by atoms with Gasteiger partial charge in [0.25, 0.3) is 5.56 Å². The fourth-order valence-corrected chi connectivity index (χ4v) is 4.17. The molecule has 3 heterocycles. The van der Waals surface area contributed by atoms with Gasteiger partial charge in [-0.1, -0.05) is 41.9 Å². The second-order valence-electron chi connectivity index (χ2n) is 7.19. The van der Waals surface area contributed by atoms with E-state index in [1.165, 1.54) is 10.8 Å². The van der Waals surface area contributed by atoms with Crippen LogP contribution in [0.15, 0.2) is 70.4 Å². The van der Waals surface area contributed by atoms with E-state index in [4.69, 9.17) is 17.3 Å². The zero-order valence-corrected chi connectivity index (χ0v) is 17.2. The van der Waals surface area contributed by atoms with Crippen LogP contribution in [0.5, 0.6) is 0 Å². The largest absolute Gasteiger partial charge is 0.368 e. The van der Waals surface area contributed by atoms with Gasteiger partial charge < -0.3 is 10.7 Å². The summed E-state index contributed by atoms with van der Waals surface area (Å²) in [5, 5.41) is 1.48. The Labute approximate surface area is 180 Å². The third-order valence-corrected chi connectivity index (χ3v) is 5.64. The van der Waals surface area contributed by atoms with Crippen molar-refractivity contribution < 1.29 is 0 Å². The van der Waals surface area contributed by atoms with Crippen LogP contribution in [-0.2, 0) is 0 Å². The highest BCUT2D eigenvalue weighted by atomic mass is 35.5. The van der Waals surface area contributed by atoms with Gasteiger partial charge >= 0.3 is 5.69 Å². The molecule has 9 heteroatoms. The number of aromatic amines is 1. The van der Waals surface area contributed by atoms with Crippen molar-refractivity contribution in [1.82, 2.24) is 24.1 Å². The fourth-order valence-electron chi connectivity index (χ4n) is 3.91. The number of hydrogen-bond donors (Lipinski definition) is 2. The number of nitrogen functional groups attached to an aromatic ring is 1. The molecule has 0 radical (unpaired) electrons. The number of halogens is 1. The van der Waals surface area contributed by atoms with E-state index in [9.17, 15) is 9.59 Å². The lowest BCUT2D eigenvalue weighted by Gasteiger charge is -2.21. The van der Waals surface area contributed by atoms with Crippen molar-refractivity contribution in [1.29, 1.82) is 0 Å². The minimum absolute atomic E-state index is 0.0539. The summed E-state index contributed by atoms with van der Waals surface area (Å²) in [7, 11) is 0. The molecule has 0 aliphatic carbocycles. The molecule has 1 atom stereocenters. The molecular weight excluding hydrogens is 416 g/mol. The molecule has 0 aliphatic heterocycles. The normalized spacial score (nSPS) is 12.5. The third-order valence-electron chi connectivity index (χ3n) is 5.33. The van der Waals surface area contributed by atoms with Crippen LogP contribution in [0.2, 0.25) is 5.02 Å². The number of anilines is 1. The number of fused-ring (bicyclic) bond motifs is 2. The van der Waals surface area contributed by atoms with Gasteiger partial charge in [0.15, 0.2) is 5.65 Å². The maximum atomic E-state index is 13.6. The summed E-state index contributed by atoms with van der Waals surface area (Å²) in [4.78, 5) is 37.3. The van der Waals surface area contributed by atoms with E-state index in [2.05, 4.69) is 15.0 Å². The van der Waals surface area contributed by atoms with Crippen LogP contribution in [0.4, 0.5) is 5.95 Å². The zero-order chi connectivity index (χ0) is 21.7. The number of imidazole rings is 1. The van der Waals surface area contributed by atoms with Gasteiger partial charge in [-0.05, 0) is 36.6 Å². The Hall–Kier alpha value is -3.91. The molecule has 154 valence electrons. The molecule has 0 amide bonds. The average molecular weight is 433 g/mol. The summed E-state index contributed by atoms with van der Waals surface area (Å²) in [5.74, 6) is 0.0539. The van der Waals surface area contributed by atoms with Crippen molar-refractivity contribution in [3.8, 4) is 5.69 Å². The minimum atomic E-state index is -0.549. The van der Waals surface area contributed by atoms with Crippen molar-refractivity contribution >= 4 is 39.5 Å². The number of nitrogens with one attached hydrogen (secondary N) is 1. The summed E-state index contributed by atoms with van der Waals surface area (Å²) >= 11 is 6.37. The maximum absolute atomic E-state index is 13.6. The van der Waals surface area contributed by atoms with Gasteiger partial charge in [0.05, 0.1) is 22.6 Å². The third kappa shape index (κ3) is 3.00. The second-order valence-corrected chi connectivity index (χ2v) is 7.60. The zero-order valence-electron chi connectivity index (χ0n) is 16.4. The molecule has 0 fully saturated rings. The Bertz CT molecular complexity index is 1570. The van der Waals surface area contributed by atoms with Crippen LogP contribution in [-0.4, -0.2) is 24.1 Å². The molecule has 3 N–H and O–H groups in total. The van der Waals surface area contributed by atoms with Crippen molar-refractivity contribution in [2.75, 3.05) is 5.73 Å². The summed E-state index contributed by atoms with van der Waals surface area (Å²) in [6.07, 6.45) is 1.47. The van der Waals surface area contributed by atoms with Gasteiger partial charge in [0, 0.05) is 11.4 Å². The minimum Gasteiger partial charge on any atom is -0.368 e. The van der Waals surface area contributed by atoms with Crippen LogP contribution in [0.1, 0.15) is 18.7 Å². The number of rotatable bonds is 3. The number of nitrogens with two attached hydrogens (primary N) is 1. The number of hydrogen-bond acceptors (Lipinski definition) is 5. The Kier molecular flexibility index (Phi) is 4.37. The Morgan fingerprint density at radius 3 is 2.65 bits per heavy atom. The lowest BCUT2D eigenvalue weighted by Crippen LogP contribution is -2.29. The molecule has 5 aromatic rings. The molecule has 8 nitrogen and oxygen atoms in total. The van der Waals surface area contributed by atoms with Gasteiger partial charge in [-0.25, -0.2) is 9.78 Å². The highest BCUT2D eigenvalue weighted by Crippen LogP contribution is 2.27. The molecule has 3 aromatic heterocycles. The van der Waals surface area contributed by atoms with Crippen molar-refractivity contribution in [2.24, 2.45) is 0 Å². The monoisotopic (exact) mass is 432 g/mol. The Balaban J connectivity index is 1.87. The number of H-pyrrole nitrogens is 1. The van der Waals surface area contributed by atoms with E-state index < -0.39 is 6.04 Å². The van der Waals surface area contributed by atoms with Gasteiger partial charge in [0.1, 0.15) is 5.52 Å². The standard InChI is InChI=1S/C22H17ClN6O2/c1-12(28-19-16(26-22(28)31)11-25-21(24)27-19)17-10-13-6-5-9-15(23)18(13)20(30)29(17)14-7-3-2-4-8-14/h2-12H,1H3,(H,26,31)(H2,24,25,27)/t12-/m0/s1. The maximum Gasteiger partial charge on any atom is 0.328 e. The lowest BCUT2D eigenvalue weighted by molar-refractivity contribution is 0.595. The number of benzene rings is 2. The van der Waals surface area contributed by atoms with Crippen molar-refractivity contribution in [2.45, 2.75) is 13.0 Å². The molecule has 0 aliphatic rings. The van der Waals surface area contributed by atoms with E-state index in [-0.39, 0.29) is 17.2 Å². The molecule has 0 bridgehead atoms. The van der Waals surface area contributed by atoms with Crippen molar-refractivity contribution in [3.05, 3.63) is 92.3 Å². The number of pyridine rings is 1. The van der Waals surface area contributed by atoms with Crippen LogP contribution in [0.25, 0.3) is 27.6 Å². The summed E-state index contributed by atoms with van der Waals surface area (Å²) in [5.41, 5.74) is 7.21. The topological polar surface area (TPSA) is 112 Å². The van der Waals surface area contributed by atoms with Crippen LogP contribution < -0.4 is 17.0 Å². The van der Waals surface area contributed by atoms with Gasteiger partial charge in [0.2, 0.25) is 5.95 Å². The Morgan fingerprint density at radius 2 is 1.87 bits per heavy atom. The first kappa shape index (κ1) is 19.1. The highest BCUT2D eigenvalue weighted by molar-refractivity contribution is 6.35. The molecule has 5 rings (SSSR count). The summed E-state index contributed by atoms with van der Waals surface area (Å²) < 4.78 is 3.05. The first-order chi connectivity index (χ1) is 15.0. The van der Waals surface area contributed by atoms with Crippen molar-refractivity contribution in [3.63, 3.8) is 0 Å². The lowest BCUT2D eigenvalue weighted by atomic mass is 10.1. The Morgan fingerprint density at radius 1 is 1.10 bits per heavy atom. The van der Waals surface area contributed by atoms with E-state index in [0.717, 1.165) is 0 Å². The van der Waals surface area contributed by atoms with Gasteiger partial charge in [-0.3, -0.25) is 13.9 Å². The molecule has 0 unspecified atom stereocenters. The molecular formula is C22H17ClN6O2. The fraction of sp³-hybridized carbons (Fsp3) is 0.0909. The predicted octanol–water partition coefficient (Wildman–Crippen LogP) is 3.27. The van der Waals surface area contributed by atoms with Gasteiger partial charge in [-0.15, -0.1) is 0 Å². The van der Waals surface area contributed by atoms with E-state index in [1.807, 2.05) is 49.4 Å². The number of aromatic nitrogens is 5. The first-order valence-electron chi connectivity index (χ1n) is 9.58. The van der Waals surface area contributed by atoms with Crippen LogP contribution in [0.3, 0.4) is 0 Å². The summed E-state index contributed by atoms with van der Waals surface area (Å²) in [6.45, 7) is 1.83. The van der Waals surface area contributed by atoms with Gasteiger partial charge in [-0.2, -0.15) is 4.98 Å².